The molecule has 0 fully saturated rings. The minimum Gasteiger partial charge on any atom is -0.256 e. The van der Waals surface area contributed by atoms with Crippen LogP contribution in [0.2, 0.25) is 0 Å². The summed E-state index contributed by atoms with van der Waals surface area (Å²) in [6, 6.07) is 65.9. The van der Waals surface area contributed by atoms with Crippen LogP contribution in [-0.4, -0.2) is 4.98 Å². The Kier molecular flexibility index (Phi) is 6.57. The summed E-state index contributed by atoms with van der Waals surface area (Å²) in [4.78, 5) is 5.00. The molecule has 0 atom stereocenters. The second kappa shape index (κ2) is 11.5. The number of fused-ring (bicyclic) bond motifs is 6. The highest BCUT2D eigenvalue weighted by atomic mass is 14.6. The first-order valence-electron chi connectivity index (χ1n) is 17.2. The SMILES string of the molecule is c1ccc(-c2c3ccccc3c(-c3ccc(-c4c5ccccc5c(-c5ccccc5)c5c4cnc4ccccc45)cc3)c3ccccc23)cc1. The average molecular weight is 634 g/mol. The van der Waals surface area contributed by atoms with E-state index in [9.17, 15) is 0 Å². The van der Waals surface area contributed by atoms with Gasteiger partial charge in [-0.05, 0) is 82.9 Å². The number of para-hydroxylation sites is 1. The predicted molar refractivity (Wildman–Crippen MR) is 214 cm³/mol. The van der Waals surface area contributed by atoms with Gasteiger partial charge in [0.25, 0.3) is 0 Å². The molecular formula is C49H31N. The van der Waals surface area contributed by atoms with Crippen molar-refractivity contribution >= 4 is 54.0 Å². The number of pyridine rings is 1. The number of nitrogens with zero attached hydrogens (tertiary/aromatic N) is 1. The van der Waals surface area contributed by atoms with Crippen molar-refractivity contribution in [2.24, 2.45) is 0 Å². The fraction of sp³-hybridized carbons (Fsp3) is 0. The van der Waals surface area contributed by atoms with E-state index in [1.165, 1.54) is 87.6 Å². The van der Waals surface area contributed by atoms with Crippen molar-refractivity contribution in [2.45, 2.75) is 0 Å². The van der Waals surface area contributed by atoms with Crippen LogP contribution in [0.3, 0.4) is 0 Å². The van der Waals surface area contributed by atoms with Gasteiger partial charge >= 0.3 is 0 Å². The smallest absolute Gasteiger partial charge is 0.0708 e. The monoisotopic (exact) mass is 633 g/mol. The molecule has 1 heteroatoms. The van der Waals surface area contributed by atoms with Crippen LogP contribution in [0.4, 0.5) is 0 Å². The summed E-state index contributed by atoms with van der Waals surface area (Å²) in [5.74, 6) is 0. The molecule has 10 aromatic rings. The molecule has 0 aliphatic rings. The zero-order chi connectivity index (χ0) is 33.0. The van der Waals surface area contributed by atoms with E-state index in [1.54, 1.807) is 0 Å². The van der Waals surface area contributed by atoms with Gasteiger partial charge in [0.05, 0.1) is 5.52 Å². The first kappa shape index (κ1) is 28.4. The summed E-state index contributed by atoms with van der Waals surface area (Å²) < 4.78 is 0. The van der Waals surface area contributed by atoms with Crippen molar-refractivity contribution in [3.8, 4) is 44.5 Å². The summed E-state index contributed by atoms with van der Waals surface area (Å²) in [6.45, 7) is 0. The van der Waals surface area contributed by atoms with E-state index in [4.69, 9.17) is 4.98 Å². The Morgan fingerprint density at radius 2 is 0.560 bits per heavy atom. The van der Waals surface area contributed by atoms with E-state index >= 15 is 0 Å². The number of aromatic nitrogens is 1. The van der Waals surface area contributed by atoms with Crippen LogP contribution in [0.1, 0.15) is 0 Å². The van der Waals surface area contributed by atoms with Crippen LogP contribution in [-0.2, 0) is 0 Å². The zero-order valence-electron chi connectivity index (χ0n) is 27.3. The first-order valence-corrected chi connectivity index (χ1v) is 17.2. The zero-order valence-corrected chi connectivity index (χ0v) is 27.3. The van der Waals surface area contributed by atoms with E-state index in [1.807, 2.05) is 0 Å². The average Bonchev–Trinajstić information content (AvgIpc) is 3.19. The highest BCUT2D eigenvalue weighted by Crippen LogP contribution is 2.47. The van der Waals surface area contributed by atoms with Gasteiger partial charge in [0.15, 0.2) is 0 Å². The minimum absolute atomic E-state index is 1.01. The van der Waals surface area contributed by atoms with Gasteiger partial charge in [-0.3, -0.25) is 4.98 Å². The summed E-state index contributed by atoms with van der Waals surface area (Å²) in [6.07, 6.45) is 2.09. The van der Waals surface area contributed by atoms with Crippen LogP contribution in [0.15, 0.2) is 188 Å². The normalized spacial score (nSPS) is 11.6. The Morgan fingerprint density at radius 1 is 0.240 bits per heavy atom. The third kappa shape index (κ3) is 4.37. The standard InChI is InChI=1S/C49H31N/c1-3-15-32(16-4-1)45-36-19-7-9-21-38(36)46(39-22-10-8-20-37(39)45)34-27-29-35(30-28-34)47-40-23-11-12-24-41(40)48(33-17-5-2-6-18-33)49-42-25-13-14-26-44(42)50-31-43(47)49/h1-31H. The molecule has 0 unspecified atom stereocenters. The minimum atomic E-state index is 1.01. The lowest BCUT2D eigenvalue weighted by Crippen LogP contribution is -1.93. The van der Waals surface area contributed by atoms with Gasteiger partial charge in [-0.15, -0.1) is 0 Å². The molecule has 232 valence electrons. The Morgan fingerprint density at radius 3 is 1.02 bits per heavy atom. The molecule has 0 spiro atoms. The molecule has 0 aliphatic carbocycles. The van der Waals surface area contributed by atoms with E-state index in [0.29, 0.717) is 0 Å². The van der Waals surface area contributed by atoms with Gasteiger partial charge in [-0.1, -0.05) is 176 Å². The fourth-order valence-corrected chi connectivity index (χ4v) is 8.17. The third-order valence-electron chi connectivity index (χ3n) is 10.3. The molecule has 0 aliphatic heterocycles. The lowest BCUT2D eigenvalue weighted by molar-refractivity contribution is 1.45. The molecule has 1 nitrogen and oxygen atoms in total. The van der Waals surface area contributed by atoms with Crippen molar-refractivity contribution in [1.29, 1.82) is 0 Å². The van der Waals surface area contributed by atoms with Gasteiger partial charge in [-0.2, -0.15) is 0 Å². The molecule has 0 amide bonds. The highest BCUT2D eigenvalue weighted by Gasteiger charge is 2.20. The maximum Gasteiger partial charge on any atom is 0.0708 e. The Bertz CT molecular complexity index is 2830. The van der Waals surface area contributed by atoms with Gasteiger partial charge < -0.3 is 0 Å². The van der Waals surface area contributed by atoms with E-state index in [0.717, 1.165) is 10.9 Å². The van der Waals surface area contributed by atoms with Crippen molar-refractivity contribution in [1.82, 2.24) is 4.98 Å². The maximum absolute atomic E-state index is 5.00. The molecule has 9 aromatic carbocycles. The van der Waals surface area contributed by atoms with Crippen LogP contribution in [0.5, 0.6) is 0 Å². The van der Waals surface area contributed by atoms with Gasteiger partial charge in [0.1, 0.15) is 0 Å². The molecule has 10 rings (SSSR count). The van der Waals surface area contributed by atoms with Crippen molar-refractivity contribution in [2.75, 3.05) is 0 Å². The first-order chi connectivity index (χ1) is 24.8. The summed E-state index contributed by atoms with van der Waals surface area (Å²) in [5.41, 5.74) is 10.9. The molecule has 50 heavy (non-hydrogen) atoms. The van der Waals surface area contributed by atoms with Gasteiger partial charge in [-0.25, -0.2) is 0 Å². The number of hydrogen-bond donors (Lipinski definition) is 0. The Balaban J connectivity index is 1.24. The van der Waals surface area contributed by atoms with Crippen LogP contribution in [0.25, 0.3) is 98.5 Å². The molecule has 0 saturated carbocycles. The summed E-state index contributed by atoms with van der Waals surface area (Å²) in [5, 5.41) is 11.1. The summed E-state index contributed by atoms with van der Waals surface area (Å²) in [7, 11) is 0. The molecule has 0 saturated heterocycles. The number of hydrogen-bond acceptors (Lipinski definition) is 1. The second-order valence-electron chi connectivity index (χ2n) is 13.0. The van der Waals surface area contributed by atoms with Crippen LogP contribution < -0.4 is 0 Å². The van der Waals surface area contributed by atoms with E-state index in [2.05, 4.69) is 188 Å². The summed E-state index contributed by atoms with van der Waals surface area (Å²) >= 11 is 0. The molecular weight excluding hydrogens is 603 g/mol. The third-order valence-corrected chi connectivity index (χ3v) is 10.3. The molecule has 0 bridgehead atoms. The topological polar surface area (TPSA) is 12.9 Å². The van der Waals surface area contributed by atoms with Gasteiger partial charge in [0.2, 0.25) is 0 Å². The van der Waals surface area contributed by atoms with Crippen LogP contribution >= 0.6 is 0 Å². The second-order valence-corrected chi connectivity index (χ2v) is 13.0. The Hall–Kier alpha value is -6.57. The quantitative estimate of drug-likeness (QED) is 0.139. The number of benzene rings is 9. The van der Waals surface area contributed by atoms with Crippen molar-refractivity contribution in [3.05, 3.63) is 188 Å². The maximum atomic E-state index is 5.00. The van der Waals surface area contributed by atoms with E-state index in [-0.39, 0.29) is 0 Å². The van der Waals surface area contributed by atoms with Crippen molar-refractivity contribution in [3.63, 3.8) is 0 Å². The lowest BCUT2D eigenvalue weighted by Gasteiger charge is -2.20. The van der Waals surface area contributed by atoms with Crippen molar-refractivity contribution < 1.29 is 0 Å². The molecule has 1 aromatic heterocycles. The Labute approximate surface area is 290 Å². The predicted octanol–water partition coefficient (Wildman–Crippen LogP) is 13.5. The van der Waals surface area contributed by atoms with Gasteiger partial charge in [0, 0.05) is 22.4 Å². The molecule has 1 heterocycles. The van der Waals surface area contributed by atoms with E-state index < -0.39 is 0 Å². The largest absolute Gasteiger partial charge is 0.256 e. The number of rotatable bonds is 4. The van der Waals surface area contributed by atoms with Crippen LogP contribution in [0, 0.1) is 0 Å². The lowest BCUT2D eigenvalue weighted by atomic mass is 9.84. The molecule has 0 N–H and O–H groups in total. The highest BCUT2D eigenvalue weighted by molar-refractivity contribution is 6.27. The fourth-order valence-electron chi connectivity index (χ4n) is 8.17. The molecule has 0 radical (unpaired) electrons.